The summed E-state index contributed by atoms with van der Waals surface area (Å²) >= 11 is 6.02. The molecule has 116 valence electrons. The standard InChI is InChI=1S/C16H11ClN2O4/c17-11-4-2-1-3-10(11)15(21)9-5-6-12-13(7-9)23-16(22)19(12)8-14(18)20/h1-7H,8H2,(H2,18,20). The minimum absolute atomic E-state index is 0.203. The zero-order valence-corrected chi connectivity index (χ0v) is 12.5. The summed E-state index contributed by atoms with van der Waals surface area (Å²) in [6, 6.07) is 11.2. The normalized spacial score (nSPS) is 10.8. The van der Waals surface area contributed by atoms with Crippen molar-refractivity contribution in [3.63, 3.8) is 0 Å². The lowest BCUT2D eigenvalue weighted by Gasteiger charge is -2.04. The molecule has 0 fully saturated rings. The summed E-state index contributed by atoms with van der Waals surface area (Å²) in [5, 5.41) is 0.338. The molecule has 0 aliphatic rings. The Balaban J connectivity index is 2.08. The topological polar surface area (TPSA) is 95.3 Å². The van der Waals surface area contributed by atoms with E-state index in [9.17, 15) is 14.4 Å². The van der Waals surface area contributed by atoms with Gasteiger partial charge in [0, 0.05) is 11.1 Å². The van der Waals surface area contributed by atoms with Crippen LogP contribution < -0.4 is 11.5 Å². The maximum atomic E-state index is 12.5. The number of aromatic nitrogens is 1. The van der Waals surface area contributed by atoms with Gasteiger partial charge >= 0.3 is 5.76 Å². The molecule has 3 rings (SSSR count). The van der Waals surface area contributed by atoms with E-state index in [0.717, 1.165) is 4.57 Å². The second-order valence-electron chi connectivity index (χ2n) is 4.91. The number of carbonyl (C=O) groups excluding carboxylic acids is 2. The number of oxazole rings is 1. The molecule has 0 bridgehead atoms. The maximum absolute atomic E-state index is 12.5. The summed E-state index contributed by atoms with van der Waals surface area (Å²) in [4.78, 5) is 35.3. The Morgan fingerprint density at radius 2 is 1.91 bits per heavy atom. The number of nitrogens with zero attached hydrogens (tertiary/aromatic N) is 1. The summed E-state index contributed by atoms with van der Waals surface area (Å²) in [6.07, 6.45) is 0. The van der Waals surface area contributed by atoms with Crippen molar-refractivity contribution in [3.8, 4) is 0 Å². The number of carbonyl (C=O) groups is 2. The highest BCUT2D eigenvalue weighted by molar-refractivity contribution is 6.35. The molecule has 3 aromatic rings. The summed E-state index contributed by atoms with van der Waals surface area (Å²) in [5.74, 6) is -1.66. The second kappa shape index (κ2) is 5.73. The Labute approximate surface area is 135 Å². The molecule has 1 aromatic heterocycles. The monoisotopic (exact) mass is 330 g/mol. The van der Waals surface area contributed by atoms with Crippen molar-refractivity contribution in [2.24, 2.45) is 5.73 Å². The molecule has 1 heterocycles. The largest absolute Gasteiger partial charge is 0.420 e. The Morgan fingerprint density at radius 1 is 1.17 bits per heavy atom. The number of fused-ring (bicyclic) bond motifs is 1. The second-order valence-corrected chi connectivity index (χ2v) is 5.32. The van der Waals surface area contributed by atoms with Gasteiger partial charge in [-0.2, -0.15) is 0 Å². The van der Waals surface area contributed by atoms with E-state index in [0.29, 0.717) is 21.7 Å². The third-order valence-electron chi connectivity index (χ3n) is 3.36. The molecule has 2 N–H and O–H groups in total. The van der Waals surface area contributed by atoms with Crippen LogP contribution in [0.25, 0.3) is 11.1 Å². The molecule has 0 saturated carbocycles. The summed E-state index contributed by atoms with van der Waals surface area (Å²) < 4.78 is 6.18. The number of ketones is 1. The van der Waals surface area contributed by atoms with E-state index < -0.39 is 11.7 Å². The lowest BCUT2D eigenvalue weighted by Crippen LogP contribution is -2.24. The van der Waals surface area contributed by atoms with Crippen LogP contribution in [0.3, 0.4) is 0 Å². The van der Waals surface area contributed by atoms with Gasteiger partial charge in [0.15, 0.2) is 11.4 Å². The number of nitrogens with two attached hydrogens (primary N) is 1. The lowest BCUT2D eigenvalue weighted by atomic mass is 10.0. The van der Waals surface area contributed by atoms with Gasteiger partial charge in [-0.05, 0) is 30.3 Å². The lowest BCUT2D eigenvalue weighted by molar-refractivity contribution is -0.118. The van der Waals surface area contributed by atoms with Crippen molar-refractivity contribution >= 4 is 34.4 Å². The number of halogens is 1. The Kier molecular flexibility index (Phi) is 3.75. The zero-order valence-electron chi connectivity index (χ0n) is 11.8. The SMILES string of the molecule is NC(=O)Cn1c(=O)oc2cc(C(=O)c3ccccc3Cl)ccc21. The molecule has 23 heavy (non-hydrogen) atoms. The highest BCUT2D eigenvalue weighted by Gasteiger charge is 2.16. The van der Waals surface area contributed by atoms with Gasteiger partial charge in [0.2, 0.25) is 5.91 Å². The molecule has 0 unspecified atom stereocenters. The van der Waals surface area contributed by atoms with Gasteiger partial charge in [-0.25, -0.2) is 4.79 Å². The van der Waals surface area contributed by atoms with Crippen LogP contribution in [0.2, 0.25) is 5.02 Å². The van der Waals surface area contributed by atoms with Gasteiger partial charge in [-0.3, -0.25) is 14.2 Å². The Bertz CT molecular complexity index is 987. The van der Waals surface area contributed by atoms with Crippen molar-refractivity contribution in [3.05, 3.63) is 69.2 Å². The van der Waals surface area contributed by atoms with Crippen LogP contribution in [0.5, 0.6) is 0 Å². The molecule has 0 radical (unpaired) electrons. The fourth-order valence-electron chi connectivity index (χ4n) is 2.31. The zero-order chi connectivity index (χ0) is 16.6. The molecule has 1 amide bonds. The summed E-state index contributed by atoms with van der Waals surface area (Å²) in [5.41, 5.74) is 6.38. The third-order valence-corrected chi connectivity index (χ3v) is 3.69. The minimum atomic E-state index is -0.707. The molecule has 0 aliphatic heterocycles. The van der Waals surface area contributed by atoms with Crippen LogP contribution in [-0.2, 0) is 11.3 Å². The molecule has 0 aliphatic carbocycles. The van der Waals surface area contributed by atoms with Gasteiger partial charge < -0.3 is 10.2 Å². The van der Waals surface area contributed by atoms with Gasteiger partial charge in [0.1, 0.15) is 6.54 Å². The average Bonchev–Trinajstić information content (AvgIpc) is 2.82. The van der Waals surface area contributed by atoms with E-state index in [1.54, 1.807) is 30.3 Å². The van der Waals surface area contributed by atoms with E-state index in [4.69, 9.17) is 21.8 Å². The summed E-state index contributed by atoms with van der Waals surface area (Å²) in [7, 11) is 0. The van der Waals surface area contributed by atoms with Crippen molar-refractivity contribution in [2.45, 2.75) is 6.54 Å². The number of benzene rings is 2. The molecule has 0 atom stereocenters. The smallest absolute Gasteiger partial charge is 0.408 e. The molecule has 2 aromatic carbocycles. The van der Waals surface area contributed by atoms with E-state index in [2.05, 4.69) is 0 Å². The van der Waals surface area contributed by atoms with E-state index in [1.165, 1.54) is 12.1 Å². The first-order valence-electron chi connectivity index (χ1n) is 6.68. The van der Waals surface area contributed by atoms with Crippen LogP contribution in [-0.4, -0.2) is 16.3 Å². The van der Waals surface area contributed by atoms with E-state index in [-0.39, 0.29) is 17.9 Å². The van der Waals surface area contributed by atoms with Crippen LogP contribution >= 0.6 is 11.6 Å². The number of amides is 1. The number of rotatable bonds is 4. The third kappa shape index (κ3) is 2.76. The van der Waals surface area contributed by atoms with Crippen molar-refractivity contribution in [1.29, 1.82) is 0 Å². The average molecular weight is 331 g/mol. The number of hydrogen-bond donors (Lipinski definition) is 1. The van der Waals surface area contributed by atoms with Crippen LogP contribution in [0, 0.1) is 0 Å². The molecular formula is C16H11ClN2O4. The maximum Gasteiger partial charge on any atom is 0.420 e. The minimum Gasteiger partial charge on any atom is -0.408 e. The Hall–Kier alpha value is -2.86. The van der Waals surface area contributed by atoms with Gasteiger partial charge in [-0.1, -0.05) is 23.7 Å². The molecule has 0 spiro atoms. The van der Waals surface area contributed by atoms with Gasteiger partial charge in [-0.15, -0.1) is 0 Å². The predicted octanol–water partition coefficient (Wildman–Crippen LogP) is 1.96. The quantitative estimate of drug-likeness (QED) is 0.740. The number of hydrogen-bond acceptors (Lipinski definition) is 4. The van der Waals surface area contributed by atoms with E-state index in [1.807, 2.05) is 0 Å². The predicted molar refractivity (Wildman–Crippen MR) is 84.6 cm³/mol. The molecule has 6 nitrogen and oxygen atoms in total. The Morgan fingerprint density at radius 3 is 2.61 bits per heavy atom. The molecule has 7 heteroatoms. The van der Waals surface area contributed by atoms with Crippen LogP contribution in [0.4, 0.5) is 0 Å². The summed E-state index contributed by atoms with van der Waals surface area (Å²) in [6.45, 7) is -0.288. The van der Waals surface area contributed by atoms with Gasteiger partial charge in [0.05, 0.1) is 10.5 Å². The molecule has 0 saturated heterocycles. The first kappa shape index (κ1) is 15.1. The first-order chi connectivity index (χ1) is 11.0. The van der Waals surface area contributed by atoms with Crippen molar-refractivity contribution < 1.29 is 14.0 Å². The highest BCUT2D eigenvalue weighted by Crippen LogP contribution is 2.22. The fourth-order valence-corrected chi connectivity index (χ4v) is 2.54. The van der Waals surface area contributed by atoms with E-state index >= 15 is 0 Å². The highest BCUT2D eigenvalue weighted by atomic mass is 35.5. The first-order valence-corrected chi connectivity index (χ1v) is 7.06. The van der Waals surface area contributed by atoms with Crippen molar-refractivity contribution in [1.82, 2.24) is 4.57 Å². The van der Waals surface area contributed by atoms with Gasteiger partial charge in [0.25, 0.3) is 0 Å². The van der Waals surface area contributed by atoms with Crippen LogP contribution in [0.1, 0.15) is 15.9 Å². The van der Waals surface area contributed by atoms with Crippen LogP contribution in [0.15, 0.2) is 51.7 Å². The molecular weight excluding hydrogens is 320 g/mol. The van der Waals surface area contributed by atoms with Crippen molar-refractivity contribution in [2.75, 3.05) is 0 Å². The fraction of sp³-hybridized carbons (Fsp3) is 0.0625. The number of primary amides is 1.